The topological polar surface area (TPSA) is 71.1 Å². The molecular weight excluding hydrogens is 372 g/mol. The summed E-state index contributed by atoms with van der Waals surface area (Å²) in [6.45, 7) is 5.72. The highest BCUT2D eigenvalue weighted by Gasteiger charge is 2.30. The van der Waals surface area contributed by atoms with Gasteiger partial charge in [0.1, 0.15) is 29.8 Å². The normalized spacial score (nSPS) is 12.5. The number of cyclic esters (lactones) is 1. The van der Waals surface area contributed by atoms with E-state index in [1.165, 1.54) is 7.11 Å². The second-order valence-electron chi connectivity index (χ2n) is 7.19. The summed E-state index contributed by atoms with van der Waals surface area (Å²) in [6.07, 6.45) is 7.76. The monoisotopic (exact) mass is 394 g/mol. The summed E-state index contributed by atoms with van der Waals surface area (Å²) in [4.78, 5) is 25.4. The van der Waals surface area contributed by atoms with Crippen LogP contribution in [-0.2, 0) is 11.3 Å². The molecule has 0 radical (unpaired) electrons. The van der Waals surface area contributed by atoms with E-state index in [1.807, 2.05) is 26.8 Å². The number of hydrogen-bond donors (Lipinski definition) is 0. The number of carbonyl (C=O) groups excluding carboxylic acids is 2. The molecule has 1 heterocycles. The summed E-state index contributed by atoms with van der Waals surface area (Å²) in [6, 6.07) is 6.71. The molecule has 2 aromatic rings. The van der Waals surface area contributed by atoms with E-state index in [-0.39, 0.29) is 35.4 Å². The maximum atomic E-state index is 12.8. The molecule has 0 amide bonds. The standard InChI is InChI=1S/C23H22O6/c1-6-27-19-11-14(4)10-15-12-28-23(25)20-18(29-21(15)19)8-7-16(22(20)26-5)17(24)9-13(2)3/h1,7-8,10-11,13H,9,12H2,2-5H3. The average Bonchev–Trinajstić information content (AvgIpc) is 2.66. The van der Waals surface area contributed by atoms with Gasteiger partial charge in [-0.2, -0.15) is 0 Å². The third-order valence-electron chi connectivity index (χ3n) is 4.44. The van der Waals surface area contributed by atoms with E-state index < -0.39 is 5.97 Å². The Bertz CT molecular complexity index is 1010. The number of methoxy groups -OCH3 is 1. The molecule has 3 rings (SSSR count). The first-order valence-electron chi connectivity index (χ1n) is 9.20. The fraction of sp³-hybridized carbons (Fsp3) is 0.304. The summed E-state index contributed by atoms with van der Waals surface area (Å²) in [7, 11) is 1.40. The third-order valence-corrected chi connectivity index (χ3v) is 4.44. The summed E-state index contributed by atoms with van der Waals surface area (Å²) < 4.78 is 22.2. The number of ketones is 1. The predicted octanol–water partition coefficient (Wildman–Crippen LogP) is 4.66. The van der Waals surface area contributed by atoms with Crippen molar-refractivity contribution < 1.29 is 28.5 Å². The predicted molar refractivity (Wildman–Crippen MR) is 107 cm³/mol. The van der Waals surface area contributed by atoms with Gasteiger partial charge in [0.25, 0.3) is 0 Å². The van der Waals surface area contributed by atoms with Crippen molar-refractivity contribution >= 4 is 11.8 Å². The Morgan fingerprint density at radius 2 is 2.07 bits per heavy atom. The van der Waals surface area contributed by atoms with Gasteiger partial charge in [0.15, 0.2) is 17.3 Å². The van der Waals surface area contributed by atoms with Gasteiger partial charge in [0, 0.05) is 12.0 Å². The van der Waals surface area contributed by atoms with Crippen molar-refractivity contribution in [2.24, 2.45) is 5.92 Å². The first kappa shape index (κ1) is 20.3. The van der Waals surface area contributed by atoms with Crippen LogP contribution in [-0.4, -0.2) is 18.9 Å². The lowest BCUT2D eigenvalue weighted by Gasteiger charge is -2.22. The van der Waals surface area contributed by atoms with Crippen molar-refractivity contribution in [1.82, 2.24) is 0 Å². The van der Waals surface area contributed by atoms with Crippen LogP contribution in [0.25, 0.3) is 0 Å². The van der Waals surface area contributed by atoms with Crippen LogP contribution in [0.15, 0.2) is 24.3 Å². The molecule has 0 saturated carbocycles. The van der Waals surface area contributed by atoms with E-state index in [9.17, 15) is 9.59 Å². The third kappa shape index (κ3) is 4.04. The summed E-state index contributed by atoms with van der Waals surface area (Å²) in [5, 5.41) is 0. The number of esters is 1. The molecule has 0 aliphatic carbocycles. The molecule has 0 N–H and O–H groups in total. The molecule has 29 heavy (non-hydrogen) atoms. The highest BCUT2D eigenvalue weighted by Crippen LogP contribution is 2.43. The molecule has 6 nitrogen and oxygen atoms in total. The summed E-state index contributed by atoms with van der Waals surface area (Å²) >= 11 is 0. The summed E-state index contributed by atoms with van der Waals surface area (Å²) in [5.74, 6) is 0.421. The van der Waals surface area contributed by atoms with Crippen LogP contribution in [0.2, 0.25) is 0 Å². The van der Waals surface area contributed by atoms with Gasteiger partial charge in [-0.15, -0.1) is 0 Å². The minimum atomic E-state index is -0.636. The minimum Gasteiger partial charge on any atom is -0.495 e. The first-order valence-corrected chi connectivity index (χ1v) is 9.20. The Hall–Kier alpha value is -3.46. The van der Waals surface area contributed by atoms with Gasteiger partial charge in [-0.1, -0.05) is 20.3 Å². The quantitative estimate of drug-likeness (QED) is 0.417. The average molecular weight is 394 g/mol. The molecule has 0 unspecified atom stereocenters. The van der Waals surface area contributed by atoms with Crippen LogP contribution in [0.5, 0.6) is 23.0 Å². The van der Waals surface area contributed by atoms with E-state index >= 15 is 0 Å². The van der Waals surface area contributed by atoms with Crippen molar-refractivity contribution in [3.05, 3.63) is 46.5 Å². The molecule has 150 valence electrons. The number of carbonyl (C=O) groups is 2. The van der Waals surface area contributed by atoms with E-state index in [2.05, 4.69) is 6.11 Å². The van der Waals surface area contributed by atoms with Crippen molar-refractivity contribution in [2.75, 3.05) is 7.11 Å². The van der Waals surface area contributed by atoms with E-state index in [0.29, 0.717) is 29.0 Å². The molecule has 0 aromatic heterocycles. The minimum absolute atomic E-state index is 0.0382. The molecule has 6 heteroatoms. The van der Waals surface area contributed by atoms with Gasteiger partial charge in [0.2, 0.25) is 0 Å². The fourth-order valence-electron chi connectivity index (χ4n) is 3.26. The van der Waals surface area contributed by atoms with Gasteiger partial charge < -0.3 is 18.9 Å². The zero-order valence-corrected chi connectivity index (χ0v) is 16.8. The largest absolute Gasteiger partial charge is 0.495 e. The Balaban J connectivity index is 2.16. The molecule has 2 aromatic carbocycles. The van der Waals surface area contributed by atoms with Crippen molar-refractivity contribution in [3.8, 4) is 35.5 Å². The number of hydrogen-bond acceptors (Lipinski definition) is 6. The number of Topliss-reactive ketones (excluding diaryl/α,β-unsaturated/α-hetero) is 1. The molecule has 0 fully saturated rings. The molecule has 0 atom stereocenters. The Morgan fingerprint density at radius 1 is 1.31 bits per heavy atom. The van der Waals surface area contributed by atoms with E-state index in [0.717, 1.165) is 5.56 Å². The Kier molecular flexibility index (Phi) is 5.79. The van der Waals surface area contributed by atoms with Crippen LogP contribution in [0.1, 0.15) is 52.1 Å². The highest BCUT2D eigenvalue weighted by atomic mass is 16.6. The zero-order valence-electron chi connectivity index (χ0n) is 16.8. The second-order valence-corrected chi connectivity index (χ2v) is 7.19. The van der Waals surface area contributed by atoms with Gasteiger partial charge in [0.05, 0.1) is 12.7 Å². The number of fused-ring (bicyclic) bond motifs is 2. The zero-order chi connectivity index (χ0) is 21.1. The maximum Gasteiger partial charge on any atom is 0.346 e. The number of terminal acetylenes is 1. The van der Waals surface area contributed by atoms with Gasteiger partial charge in [-0.3, -0.25) is 4.79 Å². The van der Waals surface area contributed by atoms with Crippen LogP contribution in [0.4, 0.5) is 0 Å². The maximum absolute atomic E-state index is 12.8. The van der Waals surface area contributed by atoms with Crippen LogP contribution >= 0.6 is 0 Å². The van der Waals surface area contributed by atoms with Gasteiger partial charge in [-0.05, 0) is 42.7 Å². The van der Waals surface area contributed by atoms with E-state index in [1.54, 1.807) is 18.2 Å². The number of aryl methyl sites for hydroxylation is 1. The number of benzene rings is 2. The molecule has 0 saturated heterocycles. The number of rotatable bonds is 5. The molecule has 1 aliphatic rings. The van der Waals surface area contributed by atoms with Crippen LogP contribution in [0, 0.1) is 25.4 Å². The summed E-state index contributed by atoms with van der Waals surface area (Å²) in [5.41, 5.74) is 1.86. The SMILES string of the molecule is C#COc1cc(C)cc2c1Oc1ccc(C(=O)CC(C)C)c(OC)c1C(=O)OC2. The fourth-order valence-corrected chi connectivity index (χ4v) is 3.26. The lowest BCUT2D eigenvalue weighted by atomic mass is 9.97. The highest BCUT2D eigenvalue weighted by molar-refractivity contribution is 6.05. The van der Waals surface area contributed by atoms with Crippen molar-refractivity contribution in [2.45, 2.75) is 33.8 Å². The van der Waals surface area contributed by atoms with Crippen LogP contribution in [0.3, 0.4) is 0 Å². The Labute approximate surface area is 169 Å². The van der Waals surface area contributed by atoms with E-state index in [4.69, 9.17) is 25.4 Å². The van der Waals surface area contributed by atoms with Gasteiger partial charge in [-0.25, -0.2) is 4.79 Å². The lowest BCUT2D eigenvalue weighted by molar-refractivity contribution is 0.0455. The molecule has 1 aliphatic heterocycles. The second kappa shape index (κ2) is 8.27. The molecule has 0 bridgehead atoms. The first-order chi connectivity index (χ1) is 13.8. The molecule has 0 spiro atoms. The number of ether oxygens (including phenoxy) is 4. The Morgan fingerprint density at radius 3 is 2.72 bits per heavy atom. The lowest BCUT2D eigenvalue weighted by Crippen LogP contribution is -2.15. The van der Waals surface area contributed by atoms with Crippen molar-refractivity contribution in [1.29, 1.82) is 0 Å². The smallest absolute Gasteiger partial charge is 0.346 e. The molecular formula is C23H22O6. The van der Waals surface area contributed by atoms with Crippen molar-refractivity contribution in [3.63, 3.8) is 0 Å². The van der Waals surface area contributed by atoms with Gasteiger partial charge >= 0.3 is 5.97 Å². The van der Waals surface area contributed by atoms with Crippen LogP contribution < -0.4 is 14.2 Å².